The minimum atomic E-state index is -0.426. The fourth-order valence-corrected chi connectivity index (χ4v) is 10.5. The quantitative estimate of drug-likeness (QED) is 0.101. The molecule has 8 aromatic carbocycles. The molecule has 0 saturated carbocycles. The van der Waals surface area contributed by atoms with Crippen molar-refractivity contribution in [3.63, 3.8) is 0 Å². The van der Waals surface area contributed by atoms with Crippen LogP contribution in [-0.2, 0) is 6.42 Å². The summed E-state index contributed by atoms with van der Waals surface area (Å²) in [5.74, 6) is 0.415. The first-order chi connectivity index (χ1) is 35.4. The van der Waals surface area contributed by atoms with Crippen LogP contribution in [0.5, 0.6) is 0 Å². The summed E-state index contributed by atoms with van der Waals surface area (Å²) in [6.45, 7) is 6.78. The van der Waals surface area contributed by atoms with Crippen LogP contribution < -0.4 is 19.6 Å². The lowest BCUT2D eigenvalue weighted by Gasteiger charge is -2.39. The van der Waals surface area contributed by atoms with Gasteiger partial charge in [0, 0.05) is 68.5 Å². The molecule has 11 rings (SSSR count). The third kappa shape index (κ3) is 9.52. The van der Waals surface area contributed by atoms with E-state index >= 15 is 0 Å². The van der Waals surface area contributed by atoms with Gasteiger partial charge < -0.3 is 19.6 Å². The van der Waals surface area contributed by atoms with Gasteiger partial charge in [-0.15, -0.1) is 0 Å². The molecule has 0 spiro atoms. The first-order valence-electron chi connectivity index (χ1n) is 25.4. The highest BCUT2D eigenvalue weighted by Crippen LogP contribution is 2.42. The monoisotopic (exact) mass is 932 g/mol. The Morgan fingerprint density at radius 2 is 1.10 bits per heavy atom. The van der Waals surface area contributed by atoms with Gasteiger partial charge in [-0.3, -0.25) is 0 Å². The van der Waals surface area contributed by atoms with Crippen LogP contribution in [0.4, 0.5) is 51.2 Å². The van der Waals surface area contributed by atoms with Crippen LogP contribution in [0.1, 0.15) is 44.7 Å². The molecule has 4 heteroatoms. The van der Waals surface area contributed by atoms with Crippen molar-refractivity contribution in [1.29, 1.82) is 0 Å². The molecule has 352 valence electrons. The van der Waals surface area contributed by atoms with Gasteiger partial charge in [0.1, 0.15) is 0 Å². The van der Waals surface area contributed by atoms with Crippen molar-refractivity contribution < 1.29 is 0 Å². The van der Waals surface area contributed by atoms with Gasteiger partial charge in [0.25, 0.3) is 0 Å². The zero-order chi connectivity index (χ0) is 48.9. The molecular formula is C68H60N4. The van der Waals surface area contributed by atoms with E-state index in [9.17, 15) is 0 Å². The standard InChI is InChI=1S/C68H60N4/c1-4-57(46-47-68(2,3)72(64-30-12-7-13-31-64)67-37-34-53-22-16-19-25-56(53)50-67)69(60-38-42-62(43-39-60)70(58-26-8-5-9-27-58)65-35-32-51-20-14-17-23-54(51)48-65)61-40-44-63(45-41-61)71(59-28-10-6-11-29-59)66-36-33-52-21-15-18-24-55(52)49-66/h4-18,20-24,26-32,34-50,52H,19,25,33H2,1-3H3/b47-46-,57-4+. The molecule has 3 aliphatic carbocycles. The van der Waals surface area contributed by atoms with E-state index < -0.39 is 5.54 Å². The number of anilines is 9. The predicted octanol–water partition coefficient (Wildman–Crippen LogP) is 18.6. The second kappa shape index (κ2) is 20.4. The Morgan fingerprint density at radius 3 is 1.78 bits per heavy atom. The van der Waals surface area contributed by atoms with Crippen LogP contribution in [0.15, 0.2) is 278 Å². The summed E-state index contributed by atoms with van der Waals surface area (Å²) in [4.78, 5) is 9.60. The number of nitrogens with zero attached hydrogens (tertiary/aromatic N) is 4. The highest BCUT2D eigenvalue weighted by molar-refractivity contribution is 5.89. The van der Waals surface area contributed by atoms with Crippen molar-refractivity contribution in [3.05, 3.63) is 289 Å². The number of aryl methyl sites for hydroxylation is 1. The van der Waals surface area contributed by atoms with Gasteiger partial charge in [0.15, 0.2) is 0 Å². The van der Waals surface area contributed by atoms with E-state index in [2.05, 4.69) is 307 Å². The molecule has 0 heterocycles. The zero-order valence-electron chi connectivity index (χ0n) is 41.4. The predicted molar refractivity (Wildman–Crippen MR) is 308 cm³/mol. The first-order valence-corrected chi connectivity index (χ1v) is 25.4. The second-order valence-corrected chi connectivity index (χ2v) is 19.3. The molecular weight excluding hydrogens is 873 g/mol. The highest BCUT2D eigenvalue weighted by Gasteiger charge is 2.28. The van der Waals surface area contributed by atoms with E-state index in [0.29, 0.717) is 5.92 Å². The van der Waals surface area contributed by atoms with Crippen molar-refractivity contribution >= 4 is 68.0 Å². The summed E-state index contributed by atoms with van der Waals surface area (Å²) in [5, 5.41) is 2.43. The van der Waals surface area contributed by atoms with Crippen LogP contribution in [0.2, 0.25) is 0 Å². The van der Waals surface area contributed by atoms with Crippen molar-refractivity contribution in [2.75, 3.05) is 19.6 Å². The number of hydrogen-bond donors (Lipinski definition) is 0. The number of rotatable bonds is 14. The molecule has 3 aliphatic rings. The summed E-state index contributed by atoms with van der Waals surface area (Å²) in [5.41, 5.74) is 15.8. The molecule has 0 aromatic heterocycles. The van der Waals surface area contributed by atoms with Crippen molar-refractivity contribution in [2.45, 2.75) is 45.6 Å². The fourth-order valence-electron chi connectivity index (χ4n) is 10.5. The molecule has 8 aromatic rings. The lowest BCUT2D eigenvalue weighted by Crippen LogP contribution is -2.39. The summed E-state index contributed by atoms with van der Waals surface area (Å²) in [6.07, 6.45) is 28.1. The molecule has 4 nitrogen and oxygen atoms in total. The first kappa shape index (κ1) is 45.8. The van der Waals surface area contributed by atoms with Gasteiger partial charge in [-0.25, -0.2) is 0 Å². The van der Waals surface area contributed by atoms with E-state index in [1.807, 2.05) is 0 Å². The summed E-state index contributed by atoms with van der Waals surface area (Å²) in [6, 6.07) is 72.6. The van der Waals surface area contributed by atoms with Gasteiger partial charge in [-0.1, -0.05) is 146 Å². The molecule has 1 atom stereocenters. The van der Waals surface area contributed by atoms with Crippen LogP contribution in [0, 0.1) is 5.92 Å². The maximum atomic E-state index is 2.48. The number of para-hydroxylation sites is 3. The molecule has 0 saturated heterocycles. The summed E-state index contributed by atoms with van der Waals surface area (Å²) >= 11 is 0. The van der Waals surface area contributed by atoms with Crippen molar-refractivity contribution in [3.8, 4) is 0 Å². The molecule has 0 fully saturated rings. The zero-order valence-corrected chi connectivity index (χ0v) is 41.4. The van der Waals surface area contributed by atoms with Crippen LogP contribution in [0.3, 0.4) is 0 Å². The summed E-state index contributed by atoms with van der Waals surface area (Å²) < 4.78 is 0. The molecule has 0 N–H and O–H groups in total. The SMILES string of the molecule is C/C=C(\C=C/C(C)(C)N(c1ccccc1)c1ccc2c(c1)CCC=C2)N(c1ccc(N(C2=CCC3C=CC=CC3=C2)c2ccccc2)cc1)c1ccc(N(c2ccccc2)c2ccc3ccccc3c2)cc1. The molecule has 0 radical (unpaired) electrons. The fraction of sp³-hybridized carbons (Fsp3) is 0.118. The second-order valence-electron chi connectivity index (χ2n) is 19.3. The third-order valence-corrected chi connectivity index (χ3v) is 14.1. The number of fused-ring (bicyclic) bond motifs is 3. The number of benzene rings is 8. The Labute approximate surface area is 426 Å². The van der Waals surface area contributed by atoms with E-state index in [1.165, 1.54) is 38.9 Å². The van der Waals surface area contributed by atoms with Crippen molar-refractivity contribution in [1.82, 2.24) is 0 Å². The van der Waals surface area contributed by atoms with E-state index in [0.717, 1.165) is 70.5 Å². The average Bonchev–Trinajstić information content (AvgIpc) is 3.43. The van der Waals surface area contributed by atoms with Gasteiger partial charge in [0.2, 0.25) is 0 Å². The van der Waals surface area contributed by atoms with Crippen molar-refractivity contribution in [2.24, 2.45) is 5.92 Å². The van der Waals surface area contributed by atoms with E-state index in [-0.39, 0.29) is 0 Å². The van der Waals surface area contributed by atoms with Gasteiger partial charge in [0.05, 0.1) is 5.54 Å². The maximum absolute atomic E-state index is 2.48. The lowest BCUT2D eigenvalue weighted by atomic mass is 9.87. The van der Waals surface area contributed by atoms with Crippen LogP contribution in [-0.4, -0.2) is 5.54 Å². The average molecular weight is 933 g/mol. The van der Waals surface area contributed by atoms with Crippen LogP contribution >= 0.6 is 0 Å². The Kier molecular flexibility index (Phi) is 13.0. The topological polar surface area (TPSA) is 13.0 Å². The Hall–Kier alpha value is -8.60. The van der Waals surface area contributed by atoms with Crippen LogP contribution in [0.25, 0.3) is 16.8 Å². The highest BCUT2D eigenvalue weighted by atomic mass is 15.2. The smallest absolute Gasteiger partial charge is 0.0581 e. The maximum Gasteiger partial charge on any atom is 0.0581 e. The number of hydrogen-bond acceptors (Lipinski definition) is 4. The molecule has 0 amide bonds. The normalized spacial score (nSPS) is 15.2. The summed E-state index contributed by atoms with van der Waals surface area (Å²) in [7, 11) is 0. The lowest BCUT2D eigenvalue weighted by molar-refractivity contribution is 0.627. The molecule has 0 aliphatic heterocycles. The van der Waals surface area contributed by atoms with Gasteiger partial charge in [-0.05, 0) is 189 Å². The Bertz CT molecular complexity index is 3410. The van der Waals surface area contributed by atoms with E-state index in [4.69, 9.17) is 0 Å². The molecule has 72 heavy (non-hydrogen) atoms. The minimum absolute atomic E-state index is 0.415. The number of allylic oxidation sites excluding steroid dienone is 10. The largest absolute Gasteiger partial charge is 0.332 e. The Balaban J connectivity index is 0.996. The third-order valence-electron chi connectivity index (χ3n) is 14.1. The van der Waals surface area contributed by atoms with E-state index in [1.54, 1.807) is 0 Å². The molecule has 1 unspecified atom stereocenters. The van der Waals surface area contributed by atoms with Gasteiger partial charge in [-0.2, -0.15) is 0 Å². The van der Waals surface area contributed by atoms with Gasteiger partial charge >= 0.3 is 0 Å². The Morgan fingerprint density at radius 1 is 0.528 bits per heavy atom. The molecule has 0 bridgehead atoms. The minimum Gasteiger partial charge on any atom is -0.332 e.